The molecule has 4 nitrogen and oxygen atoms in total. The molecule has 3 aromatic rings. The zero-order valence-electron chi connectivity index (χ0n) is 13.1. The molecule has 0 atom stereocenters. The van der Waals surface area contributed by atoms with Gasteiger partial charge >= 0.3 is 0 Å². The molecule has 1 aromatic carbocycles. The summed E-state index contributed by atoms with van der Waals surface area (Å²) in [6, 6.07) is 11.7. The maximum absolute atomic E-state index is 10.6. The Balaban J connectivity index is 2.02. The third-order valence-corrected chi connectivity index (χ3v) is 3.87. The fourth-order valence-corrected chi connectivity index (χ4v) is 2.67. The second-order valence-corrected chi connectivity index (χ2v) is 5.56. The summed E-state index contributed by atoms with van der Waals surface area (Å²) in [7, 11) is 0. The average Bonchev–Trinajstić information content (AvgIpc) is 2.88. The van der Waals surface area contributed by atoms with Gasteiger partial charge in [0.15, 0.2) is 11.5 Å². The number of nitrogens with two attached hydrogens (primary N) is 1. The van der Waals surface area contributed by atoms with E-state index in [0.717, 1.165) is 24.8 Å². The van der Waals surface area contributed by atoms with Crippen LogP contribution in [-0.4, -0.2) is 10.1 Å². The van der Waals surface area contributed by atoms with E-state index in [9.17, 15) is 5.11 Å². The molecule has 4 heteroatoms. The maximum Gasteiger partial charge on any atom is 0.202 e. The number of furan rings is 1. The number of pyridine rings is 1. The first kappa shape index (κ1) is 15.2. The predicted octanol–water partition coefficient (Wildman–Crippen LogP) is 4.64. The largest absolute Gasteiger partial charge is 0.504 e. The van der Waals surface area contributed by atoms with E-state index in [0.29, 0.717) is 16.9 Å². The van der Waals surface area contributed by atoms with Gasteiger partial charge in [-0.15, -0.1) is 0 Å². The summed E-state index contributed by atoms with van der Waals surface area (Å²) in [5.74, 6) is 0.627. The SMILES string of the molecule is CCCCc1cccc(-c2c(N)oc(-c3cccnc3)c2O)c1. The summed E-state index contributed by atoms with van der Waals surface area (Å²) in [6.07, 6.45) is 6.61. The van der Waals surface area contributed by atoms with Crippen molar-refractivity contribution in [1.29, 1.82) is 0 Å². The number of rotatable bonds is 5. The Kier molecular flexibility index (Phi) is 4.33. The van der Waals surface area contributed by atoms with E-state index in [1.807, 2.05) is 18.2 Å². The van der Waals surface area contributed by atoms with Crippen LogP contribution in [0.3, 0.4) is 0 Å². The first-order valence-electron chi connectivity index (χ1n) is 7.81. The molecule has 0 amide bonds. The minimum atomic E-state index is 0.0585. The summed E-state index contributed by atoms with van der Waals surface area (Å²) < 4.78 is 5.59. The van der Waals surface area contributed by atoms with Gasteiger partial charge in [-0.1, -0.05) is 37.6 Å². The zero-order chi connectivity index (χ0) is 16.2. The molecular weight excluding hydrogens is 288 g/mol. The molecule has 2 heterocycles. The van der Waals surface area contributed by atoms with E-state index in [1.165, 1.54) is 5.56 Å². The first-order valence-corrected chi connectivity index (χ1v) is 7.81. The molecule has 0 spiro atoms. The molecular formula is C19H20N2O2. The monoisotopic (exact) mass is 308 g/mol. The van der Waals surface area contributed by atoms with Crippen LogP contribution in [-0.2, 0) is 6.42 Å². The molecule has 0 aliphatic carbocycles. The van der Waals surface area contributed by atoms with Crippen molar-refractivity contribution in [3.8, 4) is 28.2 Å². The van der Waals surface area contributed by atoms with Gasteiger partial charge in [0.2, 0.25) is 5.88 Å². The minimum absolute atomic E-state index is 0.0585. The normalized spacial score (nSPS) is 10.8. The number of benzene rings is 1. The van der Waals surface area contributed by atoms with E-state index in [1.54, 1.807) is 18.5 Å². The van der Waals surface area contributed by atoms with Crippen LogP contribution in [0.15, 0.2) is 53.2 Å². The van der Waals surface area contributed by atoms with Crippen molar-refractivity contribution in [3.05, 3.63) is 54.4 Å². The number of hydrogen-bond acceptors (Lipinski definition) is 4. The van der Waals surface area contributed by atoms with Crippen LogP contribution >= 0.6 is 0 Å². The number of nitrogen functional groups attached to an aromatic ring is 1. The smallest absolute Gasteiger partial charge is 0.202 e. The number of anilines is 1. The second-order valence-electron chi connectivity index (χ2n) is 5.56. The number of aryl methyl sites for hydroxylation is 1. The predicted molar refractivity (Wildman–Crippen MR) is 92.1 cm³/mol. The van der Waals surface area contributed by atoms with Gasteiger partial charge in [-0.2, -0.15) is 0 Å². The van der Waals surface area contributed by atoms with Gasteiger partial charge in [0.05, 0.1) is 5.56 Å². The van der Waals surface area contributed by atoms with E-state index < -0.39 is 0 Å². The van der Waals surface area contributed by atoms with Crippen molar-refractivity contribution in [1.82, 2.24) is 4.98 Å². The maximum atomic E-state index is 10.6. The van der Waals surface area contributed by atoms with Crippen LogP contribution in [0.1, 0.15) is 25.3 Å². The van der Waals surface area contributed by atoms with E-state index in [-0.39, 0.29) is 11.6 Å². The summed E-state index contributed by atoms with van der Waals surface area (Å²) in [5.41, 5.74) is 9.35. The van der Waals surface area contributed by atoms with Crippen LogP contribution in [0.25, 0.3) is 22.5 Å². The highest BCUT2D eigenvalue weighted by molar-refractivity contribution is 5.86. The zero-order valence-corrected chi connectivity index (χ0v) is 13.1. The fourth-order valence-electron chi connectivity index (χ4n) is 2.67. The number of hydrogen-bond donors (Lipinski definition) is 2. The summed E-state index contributed by atoms with van der Waals surface area (Å²) in [4.78, 5) is 4.05. The average molecular weight is 308 g/mol. The van der Waals surface area contributed by atoms with E-state index in [2.05, 4.69) is 24.0 Å². The van der Waals surface area contributed by atoms with Gasteiger partial charge in [-0.3, -0.25) is 4.98 Å². The lowest BCUT2D eigenvalue weighted by atomic mass is 10.0. The molecule has 3 N–H and O–H groups in total. The van der Waals surface area contributed by atoms with Crippen LogP contribution in [0.5, 0.6) is 5.75 Å². The number of aromatic hydroxyl groups is 1. The molecule has 118 valence electrons. The number of unbranched alkanes of at least 4 members (excludes halogenated alkanes) is 1. The summed E-state index contributed by atoms with van der Waals surface area (Å²) in [5, 5.41) is 10.6. The first-order chi connectivity index (χ1) is 11.2. The Morgan fingerprint density at radius 3 is 2.74 bits per heavy atom. The standard InChI is InChI=1S/C19H20N2O2/c1-2-3-6-13-7-4-8-14(11-13)16-17(22)18(23-19(16)20)15-9-5-10-21-12-15/h4-5,7-12,22H,2-3,6,20H2,1H3. The Bertz CT molecular complexity index is 794. The third kappa shape index (κ3) is 3.06. The third-order valence-electron chi connectivity index (χ3n) is 3.87. The van der Waals surface area contributed by atoms with Gasteiger partial charge in [-0.25, -0.2) is 0 Å². The second kappa shape index (κ2) is 6.57. The van der Waals surface area contributed by atoms with Gasteiger partial charge in [-0.05, 0) is 36.1 Å². The lowest BCUT2D eigenvalue weighted by Crippen LogP contribution is -1.88. The molecule has 0 saturated carbocycles. The Morgan fingerprint density at radius 1 is 1.17 bits per heavy atom. The molecule has 0 radical (unpaired) electrons. The molecule has 23 heavy (non-hydrogen) atoms. The van der Waals surface area contributed by atoms with Crippen molar-refractivity contribution >= 4 is 5.88 Å². The Hall–Kier alpha value is -2.75. The van der Waals surface area contributed by atoms with Crippen LogP contribution in [0.2, 0.25) is 0 Å². The van der Waals surface area contributed by atoms with Crippen LogP contribution < -0.4 is 5.73 Å². The highest BCUT2D eigenvalue weighted by atomic mass is 16.4. The minimum Gasteiger partial charge on any atom is -0.504 e. The highest BCUT2D eigenvalue weighted by Crippen LogP contribution is 2.44. The molecule has 3 rings (SSSR count). The van der Waals surface area contributed by atoms with Crippen molar-refractivity contribution in [2.45, 2.75) is 26.2 Å². The van der Waals surface area contributed by atoms with Crippen molar-refractivity contribution < 1.29 is 9.52 Å². The number of aromatic nitrogens is 1. The highest BCUT2D eigenvalue weighted by Gasteiger charge is 2.21. The topological polar surface area (TPSA) is 72.3 Å². The van der Waals surface area contributed by atoms with Gasteiger partial charge in [0, 0.05) is 18.0 Å². The van der Waals surface area contributed by atoms with Gasteiger partial charge in [0.1, 0.15) is 0 Å². The van der Waals surface area contributed by atoms with E-state index in [4.69, 9.17) is 10.2 Å². The summed E-state index contributed by atoms with van der Waals surface area (Å²) in [6.45, 7) is 2.17. The number of nitrogens with zero attached hydrogens (tertiary/aromatic N) is 1. The van der Waals surface area contributed by atoms with E-state index >= 15 is 0 Å². The van der Waals surface area contributed by atoms with Crippen LogP contribution in [0.4, 0.5) is 5.88 Å². The fraction of sp³-hybridized carbons (Fsp3) is 0.211. The van der Waals surface area contributed by atoms with Crippen molar-refractivity contribution in [2.75, 3.05) is 5.73 Å². The Morgan fingerprint density at radius 2 is 2.00 bits per heavy atom. The lowest BCUT2D eigenvalue weighted by Gasteiger charge is -2.05. The van der Waals surface area contributed by atoms with Crippen molar-refractivity contribution in [2.24, 2.45) is 0 Å². The van der Waals surface area contributed by atoms with Crippen LogP contribution in [0, 0.1) is 0 Å². The molecule has 0 aliphatic heterocycles. The van der Waals surface area contributed by atoms with Gasteiger partial charge in [0.25, 0.3) is 0 Å². The lowest BCUT2D eigenvalue weighted by molar-refractivity contribution is 0.467. The molecule has 0 aliphatic rings. The van der Waals surface area contributed by atoms with Crippen molar-refractivity contribution in [3.63, 3.8) is 0 Å². The summed E-state index contributed by atoms with van der Waals surface area (Å²) >= 11 is 0. The molecule has 0 unspecified atom stereocenters. The molecule has 0 bridgehead atoms. The Labute approximate surface area is 135 Å². The molecule has 0 saturated heterocycles. The van der Waals surface area contributed by atoms with Gasteiger partial charge < -0.3 is 15.3 Å². The molecule has 0 fully saturated rings. The molecule has 2 aromatic heterocycles. The quantitative estimate of drug-likeness (QED) is 0.720.